The fourth-order valence-electron chi connectivity index (χ4n) is 4.02. The van der Waals surface area contributed by atoms with E-state index in [1.165, 1.54) is 30.6 Å². The Kier molecular flexibility index (Phi) is 8.38. The van der Waals surface area contributed by atoms with Crippen molar-refractivity contribution in [3.05, 3.63) is 5.01 Å². The summed E-state index contributed by atoms with van der Waals surface area (Å²) in [6.07, 6.45) is 6.92. The van der Waals surface area contributed by atoms with Crippen LogP contribution in [0, 0.1) is 5.41 Å². The second kappa shape index (κ2) is 11.0. The summed E-state index contributed by atoms with van der Waals surface area (Å²) >= 11 is 1.37. The van der Waals surface area contributed by atoms with Crippen molar-refractivity contribution in [1.82, 2.24) is 20.4 Å². The Morgan fingerprint density at radius 3 is 2.52 bits per heavy atom. The first-order valence-electron chi connectivity index (χ1n) is 10.8. The van der Waals surface area contributed by atoms with Crippen molar-refractivity contribution in [2.24, 2.45) is 5.41 Å². The van der Waals surface area contributed by atoms with Gasteiger partial charge in [-0.3, -0.25) is 9.59 Å². The lowest BCUT2D eigenvalue weighted by molar-refractivity contribution is -0.125. The molecule has 0 aliphatic carbocycles. The predicted molar refractivity (Wildman–Crippen MR) is 113 cm³/mol. The molecule has 2 N–H and O–H groups in total. The number of hydrogen-bond donors (Lipinski definition) is 2. The van der Waals surface area contributed by atoms with Crippen LogP contribution in [0.15, 0.2) is 0 Å². The first-order valence-corrected chi connectivity index (χ1v) is 11.6. The molecule has 2 saturated heterocycles. The minimum Gasteiger partial charge on any atom is -0.381 e. The minimum absolute atomic E-state index is 0.0730. The number of piperidine rings is 1. The Hall–Kier alpha value is -1.58. The van der Waals surface area contributed by atoms with Crippen molar-refractivity contribution >= 4 is 28.3 Å². The van der Waals surface area contributed by atoms with E-state index in [1.54, 1.807) is 0 Å². The molecule has 0 saturated carbocycles. The number of carbonyl (C=O) groups is 2. The number of nitrogens with zero attached hydrogens (tertiary/aromatic N) is 3. The molecule has 0 atom stereocenters. The van der Waals surface area contributed by atoms with Gasteiger partial charge in [-0.15, -0.1) is 10.2 Å². The van der Waals surface area contributed by atoms with E-state index in [0.29, 0.717) is 11.7 Å². The Morgan fingerprint density at radius 1 is 1.10 bits per heavy atom. The second-order valence-corrected chi connectivity index (χ2v) is 9.19. The number of aromatic nitrogens is 2. The summed E-state index contributed by atoms with van der Waals surface area (Å²) in [6, 6.07) is 0. The molecule has 162 valence electrons. The SMILES string of the molecule is CCc1nnc(NC(=O)CCC(=O)NCC2(CN3CCCCC3)CCOCC2)s1. The molecule has 3 rings (SSSR count). The lowest BCUT2D eigenvalue weighted by Gasteiger charge is -2.42. The van der Waals surface area contributed by atoms with Crippen LogP contribution in [-0.4, -0.2) is 66.3 Å². The molecule has 2 aliphatic rings. The van der Waals surface area contributed by atoms with Crippen LogP contribution in [0.2, 0.25) is 0 Å². The van der Waals surface area contributed by atoms with Crippen LogP contribution in [0.5, 0.6) is 0 Å². The van der Waals surface area contributed by atoms with Crippen molar-refractivity contribution in [2.75, 3.05) is 44.7 Å². The van der Waals surface area contributed by atoms with Gasteiger partial charge in [0.2, 0.25) is 16.9 Å². The molecule has 2 amide bonds. The number of aryl methyl sites for hydroxylation is 1. The number of anilines is 1. The van der Waals surface area contributed by atoms with Gasteiger partial charge in [0.25, 0.3) is 0 Å². The highest BCUT2D eigenvalue weighted by atomic mass is 32.1. The number of nitrogens with one attached hydrogen (secondary N) is 2. The fourth-order valence-corrected chi connectivity index (χ4v) is 4.71. The third-order valence-electron chi connectivity index (χ3n) is 5.82. The Morgan fingerprint density at radius 2 is 1.83 bits per heavy atom. The predicted octanol–water partition coefficient (Wildman–Crippen LogP) is 2.22. The number of likely N-dealkylation sites (tertiary alicyclic amines) is 1. The van der Waals surface area contributed by atoms with Crippen LogP contribution in [0.4, 0.5) is 5.13 Å². The van der Waals surface area contributed by atoms with Gasteiger partial charge in [-0.05, 0) is 45.2 Å². The van der Waals surface area contributed by atoms with E-state index in [2.05, 4.69) is 25.7 Å². The maximum atomic E-state index is 12.4. The molecular formula is C20H33N5O3S. The summed E-state index contributed by atoms with van der Waals surface area (Å²) in [6.45, 7) is 7.50. The number of hydrogen-bond acceptors (Lipinski definition) is 7. The standard InChI is InChI=1S/C20H33N5O3S/c1-2-18-23-24-19(29-18)22-17(27)7-6-16(26)21-14-20(8-12-28-13-9-20)15-25-10-4-3-5-11-25/h2-15H2,1H3,(H,21,26)(H,22,24,27). The van der Waals surface area contributed by atoms with Gasteiger partial charge in [0.05, 0.1) is 0 Å². The smallest absolute Gasteiger partial charge is 0.226 e. The third-order valence-corrected chi connectivity index (χ3v) is 6.80. The van der Waals surface area contributed by atoms with Crippen LogP contribution >= 0.6 is 11.3 Å². The molecule has 29 heavy (non-hydrogen) atoms. The van der Waals surface area contributed by atoms with E-state index in [-0.39, 0.29) is 30.1 Å². The normalized spacial score (nSPS) is 19.6. The molecule has 2 fully saturated rings. The quantitative estimate of drug-likeness (QED) is 0.632. The zero-order valence-electron chi connectivity index (χ0n) is 17.4. The summed E-state index contributed by atoms with van der Waals surface area (Å²) in [5.74, 6) is -0.274. The Labute approximate surface area is 176 Å². The third kappa shape index (κ3) is 7.01. The van der Waals surface area contributed by atoms with Crippen LogP contribution in [0.25, 0.3) is 0 Å². The Bertz CT molecular complexity index is 669. The van der Waals surface area contributed by atoms with E-state index in [9.17, 15) is 9.59 Å². The number of carbonyl (C=O) groups excluding carboxylic acids is 2. The van der Waals surface area contributed by atoms with E-state index in [4.69, 9.17) is 4.74 Å². The topological polar surface area (TPSA) is 96.5 Å². The zero-order valence-corrected chi connectivity index (χ0v) is 18.2. The number of ether oxygens (including phenoxy) is 1. The number of amides is 2. The molecule has 1 aromatic heterocycles. The average Bonchev–Trinajstić information content (AvgIpc) is 3.20. The van der Waals surface area contributed by atoms with Gasteiger partial charge in [0.15, 0.2) is 0 Å². The minimum atomic E-state index is -0.201. The molecule has 9 heteroatoms. The summed E-state index contributed by atoms with van der Waals surface area (Å²) in [7, 11) is 0. The van der Waals surface area contributed by atoms with Crippen LogP contribution in [-0.2, 0) is 20.7 Å². The highest BCUT2D eigenvalue weighted by molar-refractivity contribution is 7.15. The van der Waals surface area contributed by atoms with Crippen molar-refractivity contribution in [2.45, 2.75) is 58.3 Å². The van der Waals surface area contributed by atoms with E-state index < -0.39 is 0 Å². The average molecular weight is 424 g/mol. The molecule has 0 unspecified atom stereocenters. The van der Waals surface area contributed by atoms with Crippen molar-refractivity contribution in [3.63, 3.8) is 0 Å². The van der Waals surface area contributed by atoms with Crippen LogP contribution in [0.1, 0.15) is 56.9 Å². The lowest BCUT2D eigenvalue weighted by Crippen LogP contribution is -2.49. The largest absolute Gasteiger partial charge is 0.381 e. The summed E-state index contributed by atoms with van der Waals surface area (Å²) in [5.41, 5.74) is 0.0800. The van der Waals surface area contributed by atoms with Gasteiger partial charge in [0, 0.05) is 44.6 Å². The number of rotatable bonds is 9. The monoisotopic (exact) mass is 423 g/mol. The van der Waals surface area contributed by atoms with Crippen molar-refractivity contribution < 1.29 is 14.3 Å². The van der Waals surface area contributed by atoms with Gasteiger partial charge in [0.1, 0.15) is 5.01 Å². The molecule has 2 aliphatic heterocycles. The fraction of sp³-hybridized carbons (Fsp3) is 0.800. The van der Waals surface area contributed by atoms with E-state index in [1.807, 2.05) is 6.92 Å². The van der Waals surface area contributed by atoms with E-state index in [0.717, 1.165) is 57.1 Å². The summed E-state index contributed by atoms with van der Waals surface area (Å²) < 4.78 is 5.57. The van der Waals surface area contributed by atoms with Gasteiger partial charge >= 0.3 is 0 Å². The zero-order chi connectivity index (χ0) is 20.5. The molecule has 0 spiro atoms. The molecule has 3 heterocycles. The summed E-state index contributed by atoms with van der Waals surface area (Å²) in [4.78, 5) is 27.0. The highest BCUT2D eigenvalue weighted by Gasteiger charge is 2.35. The molecule has 0 radical (unpaired) electrons. The van der Waals surface area contributed by atoms with Gasteiger partial charge in [-0.1, -0.05) is 24.7 Å². The van der Waals surface area contributed by atoms with Crippen LogP contribution < -0.4 is 10.6 Å². The molecule has 8 nitrogen and oxygen atoms in total. The molecule has 0 aromatic carbocycles. The lowest BCUT2D eigenvalue weighted by atomic mass is 9.79. The van der Waals surface area contributed by atoms with Crippen molar-refractivity contribution in [3.8, 4) is 0 Å². The second-order valence-electron chi connectivity index (χ2n) is 8.13. The first-order chi connectivity index (χ1) is 14.1. The highest BCUT2D eigenvalue weighted by Crippen LogP contribution is 2.32. The van der Waals surface area contributed by atoms with Gasteiger partial charge in [-0.2, -0.15) is 0 Å². The maximum absolute atomic E-state index is 12.4. The van der Waals surface area contributed by atoms with Crippen LogP contribution in [0.3, 0.4) is 0 Å². The maximum Gasteiger partial charge on any atom is 0.226 e. The first kappa shape index (κ1) is 22.1. The molecular weight excluding hydrogens is 390 g/mol. The summed E-state index contributed by atoms with van der Waals surface area (Å²) in [5, 5.41) is 15.1. The van der Waals surface area contributed by atoms with E-state index >= 15 is 0 Å². The van der Waals surface area contributed by atoms with Gasteiger partial charge < -0.3 is 20.3 Å². The van der Waals surface area contributed by atoms with Gasteiger partial charge in [-0.25, -0.2) is 0 Å². The van der Waals surface area contributed by atoms with Crippen molar-refractivity contribution in [1.29, 1.82) is 0 Å². The molecule has 0 bridgehead atoms. The Balaban J connectivity index is 1.42. The molecule has 1 aromatic rings.